The molecule has 0 aromatic rings. The summed E-state index contributed by atoms with van der Waals surface area (Å²) in [6, 6.07) is -0.508. The van der Waals surface area contributed by atoms with E-state index < -0.39 is 11.5 Å². The average molecular weight is 271 g/mol. The topological polar surface area (TPSA) is 70.7 Å². The van der Waals surface area contributed by atoms with Crippen LogP contribution in [0.4, 0.5) is 0 Å². The van der Waals surface area contributed by atoms with Crippen molar-refractivity contribution in [3.8, 4) is 0 Å². The summed E-state index contributed by atoms with van der Waals surface area (Å²) in [6.45, 7) is 3.70. The summed E-state index contributed by atoms with van der Waals surface area (Å²) in [4.78, 5) is 25.7. The molecule has 1 unspecified atom stereocenters. The Morgan fingerprint density at radius 2 is 1.95 bits per heavy atom. The van der Waals surface area contributed by atoms with Crippen molar-refractivity contribution < 1.29 is 14.3 Å². The molecule has 110 valence electrons. The maximum atomic E-state index is 12.5. The molecule has 0 aromatic heterocycles. The Labute approximate surface area is 114 Å². The lowest BCUT2D eigenvalue weighted by atomic mass is 9.78. The van der Waals surface area contributed by atoms with Gasteiger partial charge in [0.25, 0.3) is 0 Å². The molecule has 2 amide bonds. The van der Waals surface area contributed by atoms with Crippen LogP contribution in [0.2, 0.25) is 0 Å². The number of likely N-dealkylation sites (N-methyl/N-ethyl adjacent to an activating group) is 1. The Bertz CT molecular complexity index is 320. The van der Waals surface area contributed by atoms with Crippen LogP contribution in [0.25, 0.3) is 0 Å². The maximum absolute atomic E-state index is 12.5. The zero-order chi connectivity index (χ0) is 14.5. The molecule has 1 atom stereocenters. The molecular formula is C13H25N3O3. The third-order valence-corrected chi connectivity index (χ3v) is 3.62. The predicted octanol–water partition coefficient (Wildman–Crippen LogP) is -0.404. The average Bonchev–Trinajstić information content (AvgIpc) is 2.38. The van der Waals surface area contributed by atoms with Gasteiger partial charge in [-0.3, -0.25) is 9.59 Å². The Morgan fingerprint density at radius 3 is 2.42 bits per heavy atom. The first-order valence-electron chi connectivity index (χ1n) is 6.65. The molecule has 0 saturated carbocycles. The minimum absolute atomic E-state index is 0.0847. The molecular weight excluding hydrogens is 246 g/mol. The molecule has 6 nitrogen and oxygen atoms in total. The molecule has 1 aliphatic heterocycles. The van der Waals surface area contributed by atoms with Crippen molar-refractivity contribution in [3.63, 3.8) is 0 Å². The van der Waals surface area contributed by atoms with Gasteiger partial charge in [-0.1, -0.05) is 0 Å². The van der Waals surface area contributed by atoms with Crippen LogP contribution in [0.3, 0.4) is 0 Å². The number of carbonyl (C=O) groups excluding carboxylic acids is 2. The van der Waals surface area contributed by atoms with E-state index in [4.69, 9.17) is 4.74 Å². The highest BCUT2D eigenvalue weighted by atomic mass is 16.5. The predicted molar refractivity (Wildman–Crippen MR) is 72.7 cm³/mol. The van der Waals surface area contributed by atoms with Crippen molar-refractivity contribution in [1.29, 1.82) is 0 Å². The summed E-state index contributed by atoms with van der Waals surface area (Å²) < 4.78 is 5.21. The number of rotatable bonds is 5. The number of hydrogen-bond acceptors (Lipinski definition) is 4. The fourth-order valence-electron chi connectivity index (χ4n) is 2.42. The van der Waals surface area contributed by atoms with Crippen molar-refractivity contribution in [2.45, 2.75) is 25.8 Å². The van der Waals surface area contributed by atoms with Gasteiger partial charge in [-0.05, 0) is 32.9 Å². The fraction of sp³-hybridized carbons (Fsp3) is 0.846. The van der Waals surface area contributed by atoms with Crippen LogP contribution in [-0.4, -0.2) is 63.7 Å². The minimum atomic E-state index is -0.513. The number of hydrogen-bond donors (Lipinski definition) is 2. The van der Waals surface area contributed by atoms with Gasteiger partial charge >= 0.3 is 0 Å². The number of carbonyl (C=O) groups is 2. The Morgan fingerprint density at radius 1 is 1.37 bits per heavy atom. The molecule has 0 radical (unpaired) electrons. The summed E-state index contributed by atoms with van der Waals surface area (Å²) in [5.74, 6) is -0.187. The van der Waals surface area contributed by atoms with E-state index in [1.165, 1.54) is 4.90 Å². The number of nitrogens with zero attached hydrogens (tertiary/aromatic N) is 1. The van der Waals surface area contributed by atoms with E-state index in [1.54, 1.807) is 28.1 Å². The Kier molecular flexibility index (Phi) is 5.75. The molecule has 19 heavy (non-hydrogen) atoms. The van der Waals surface area contributed by atoms with Gasteiger partial charge in [0, 0.05) is 21.2 Å². The van der Waals surface area contributed by atoms with Crippen LogP contribution in [0.5, 0.6) is 0 Å². The number of nitrogens with one attached hydrogen (secondary N) is 2. The van der Waals surface area contributed by atoms with Crippen molar-refractivity contribution in [2.75, 3.05) is 40.9 Å². The first-order valence-corrected chi connectivity index (χ1v) is 6.65. The second kappa shape index (κ2) is 6.86. The Hall–Kier alpha value is -1.14. The van der Waals surface area contributed by atoms with Crippen LogP contribution >= 0.6 is 0 Å². The van der Waals surface area contributed by atoms with Crippen molar-refractivity contribution >= 4 is 11.8 Å². The summed E-state index contributed by atoms with van der Waals surface area (Å²) in [7, 11) is 4.96. The minimum Gasteiger partial charge on any atom is -0.384 e. The van der Waals surface area contributed by atoms with Gasteiger partial charge < -0.3 is 20.3 Å². The summed E-state index contributed by atoms with van der Waals surface area (Å²) >= 11 is 0. The summed E-state index contributed by atoms with van der Waals surface area (Å²) in [6.07, 6.45) is 1.46. The van der Waals surface area contributed by atoms with Crippen LogP contribution in [0.1, 0.15) is 19.8 Å². The third kappa shape index (κ3) is 3.91. The lowest BCUT2D eigenvalue weighted by Crippen LogP contribution is -2.54. The van der Waals surface area contributed by atoms with Gasteiger partial charge in [-0.15, -0.1) is 0 Å². The molecule has 1 saturated heterocycles. The number of amides is 2. The van der Waals surface area contributed by atoms with Gasteiger partial charge in [0.05, 0.1) is 12.0 Å². The van der Waals surface area contributed by atoms with Gasteiger partial charge in [-0.25, -0.2) is 0 Å². The number of piperidine rings is 1. The van der Waals surface area contributed by atoms with Gasteiger partial charge in [0.15, 0.2) is 0 Å². The van der Waals surface area contributed by atoms with Gasteiger partial charge in [0.2, 0.25) is 11.8 Å². The van der Waals surface area contributed by atoms with E-state index in [0.717, 1.165) is 25.9 Å². The quantitative estimate of drug-likeness (QED) is 0.713. The lowest BCUT2D eigenvalue weighted by molar-refractivity contribution is -0.141. The van der Waals surface area contributed by atoms with Crippen LogP contribution in [-0.2, 0) is 14.3 Å². The fourth-order valence-corrected chi connectivity index (χ4v) is 2.42. The molecule has 0 bridgehead atoms. The van der Waals surface area contributed by atoms with Crippen LogP contribution in [0.15, 0.2) is 0 Å². The number of ether oxygens (including phenoxy) is 1. The van der Waals surface area contributed by atoms with Crippen molar-refractivity contribution in [1.82, 2.24) is 15.5 Å². The highest BCUT2D eigenvalue weighted by Crippen LogP contribution is 2.29. The van der Waals surface area contributed by atoms with Crippen LogP contribution < -0.4 is 10.6 Å². The van der Waals surface area contributed by atoms with Gasteiger partial charge in [-0.2, -0.15) is 0 Å². The zero-order valence-electron chi connectivity index (χ0n) is 12.3. The molecule has 1 aliphatic rings. The van der Waals surface area contributed by atoms with E-state index in [2.05, 4.69) is 10.6 Å². The largest absolute Gasteiger partial charge is 0.384 e. The van der Waals surface area contributed by atoms with Crippen LogP contribution in [0, 0.1) is 5.41 Å². The molecule has 0 aromatic carbocycles. The van der Waals surface area contributed by atoms with E-state index in [-0.39, 0.29) is 11.8 Å². The lowest BCUT2D eigenvalue weighted by Gasteiger charge is -2.36. The Balaban J connectivity index is 2.69. The second-order valence-corrected chi connectivity index (χ2v) is 5.39. The normalized spacial score (nSPS) is 19.6. The third-order valence-electron chi connectivity index (χ3n) is 3.62. The van der Waals surface area contributed by atoms with E-state index in [1.807, 2.05) is 0 Å². The molecule has 1 rings (SSSR count). The molecule has 0 aliphatic carbocycles. The molecule has 1 fully saturated rings. The highest BCUT2D eigenvalue weighted by Gasteiger charge is 2.40. The zero-order valence-corrected chi connectivity index (χ0v) is 12.3. The standard InChI is InChI=1S/C13H25N3O3/c1-10(11(17)16(2)3)15-12(18)13(9-19-4)5-7-14-8-6-13/h10,14H,5-9H2,1-4H3,(H,15,18). The molecule has 1 heterocycles. The molecule has 2 N–H and O–H groups in total. The SMILES string of the molecule is COCC1(C(=O)NC(C)C(=O)N(C)C)CCNCC1. The van der Waals surface area contributed by atoms with E-state index in [9.17, 15) is 9.59 Å². The van der Waals surface area contributed by atoms with E-state index in [0.29, 0.717) is 6.61 Å². The first kappa shape index (κ1) is 15.9. The molecule has 6 heteroatoms. The molecule has 0 spiro atoms. The summed E-state index contributed by atoms with van der Waals surface area (Å²) in [5, 5.41) is 6.05. The second-order valence-electron chi connectivity index (χ2n) is 5.39. The highest BCUT2D eigenvalue weighted by molar-refractivity contribution is 5.89. The van der Waals surface area contributed by atoms with Crippen molar-refractivity contribution in [2.24, 2.45) is 5.41 Å². The van der Waals surface area contributed by atoms with E-state index >= 15 is 0 Å². The monoisotopic (exact) mass is 271 g/mol. The summed E-state index contributed by atoms with van der Waals surface area (Å²) in [5.41, 5.74) is -0.513. The number of methoxy groups -OCH3 is 1. The van der Waals surface area contributed by atoms with Gasteiger partial charge in [0.1, 0.15) is 6.04 Å². The maximum Gasteiger partial charge on any atom is 0.244 e. The first-order chi connectivity index (χ1) is 8.93. The smallest absolute Gasteiger partial charge is 0.244 e. The van der Waals surface area contributed by atoms with Crippen molar-refractivity contribution in [3.05, 3.63) is 0 Å².